The largest absolute Gasteiger partial charge is 0.493 e. The predicted molar refractivity (Wildman–Crippen MR) is 105 cm³/mol. The van der Waals surface area contributed by atoms with Crippen LogP contribution in [0, 0.1) is 0 Å². The van der Waals surface area contributed by atoms with Crippen molar-refractivity contribution in [2.24, 2.45) is 0 Å². The van der Waals surface area contributed by atoms with Gasteiger partial charge in [0.1, 0.15) is 31.0 Å². The summed E-state index contributed by atoms with van der Waals surface area (Å²) in [5, 5.41) is 20.6. The quantitative estimate of drug-likeness (QED) is 0.733. The minimum atomic E-state index is -1.21. The van der Waals surface area contributed by atoms with E-state index in [4.69, 9.17) is 28.4 Å². The van der Waals surface area contributed by atoms with Crippen LogP contribution in [0.3, 0.4) is 0 Å². The molecule has 0 saturated carbocycles. The molecule has 4 rings (SSSR count). The Morgan fingerprint density at radius 2 is 1.77 bits per heavy atom. The number of rotatable bonds is 6. The van der Waals surface area contributed by atoms with Crippen LogP contribution in [0.4, 0.5) is 0 Å². The Balaban J connectivity index is 1.49. The summed E-state index contributed by atoms with van der Waals surface area (Å²) in [5.41, 5.74) is 1.73. The van der Waals surface area contributed by atoms with Crippen molar-refractivity contribution in [2.45, 2.75) is 43.6 Å². The molecule has 2 aromatic carbocycles. The van der Waals surface area contributed by atoms with Gasteiger partial charge >= 0.3 is 0 Å². The second-order valence-corrected chi connectivity index (χ2v) is 7.21. The van der Waals surface area contributed by atoms with Crippen molar-refractivity contribution >= 4 is 0 Å². The van der Waals surface area contributed by atoms with Crippen molar-refractivity contribution in [2.75, 3.05) is 20.8 Å². The molecule has 0 aliphatic carbocycles. The lowest BCUT2D eigenvalue weighted by Gasteiger charge is -2.45. The summed E-state index contributed by atoms with van der Waals surface area (Å²) in [4.78, 5) is 0. The van der Waals surface area contributed by atoms with Gasteiger partial charge in [-0.2, -0.15) is 0 Å². The van der Waals surface area contributed by atoms with Crippen LogP contribution >= 0.6 is 0 Å². The Labute approximate surface area is 174 Å². The zero-order valence-electron chi connectivity index (χ0n) is 16.8. The van der Waals surface area contributed by atoms with E-state index in [1.165, 1.54) is 7.11 Å². The van der Waals surface area contributed by atoms with Gasteiger partial charge in [0.05, 0.1) is 13.7 Å². The number of hydrogen-bond acceptors (Lipinski definition) is 8. The minimum absolute atomic E-state index is 0.186. The van der Waals surface area contributed by atoms with Gasteiger partial charge in [0.25, 0.3) is 0 Å². The molecule has 2 heterocycles. The van der Waals surface area contributed by atoms with Crippen LogP contribution in [-0.2, 0) is 25.6 Å². The Morgan fingerprint density at radius 1 is 0.967 bits per heavy atom. The number of ether oxygens (including phenoxy) is 6. The van der Waals surface area contributed by atoms with E-state index in [1.807, 2.05) is 36.4 Å². The lowest BCUT2D eigenvalue weighted by molar-refractivity contribution is -0.358. The Morgan fingerprint density at radius 3 is 2.50 bits per heavy atom. The highest BCUT2D eigenvalue weighted by molar-refractivity contribution is 5.43. The van der Waals surface area contributed by atoms with Gasteiger partial charge in [-0.25, -0.2) is 0 Å². The SMILES string of the molecule is COc1ccc(C2OCC3OC(OC)C(O)C(O)C3O2)cc1OCc1ccccc1. The van der Waals surface area contributed by atoms with Gasteiger partial charge in [-0.3, -0.25) is 0 Å². The van der Waals surface area contributed by atoms with Gasteiger partial charge in [-0.05, 0) is 17.7 Å². The average molecular weight is 418 g/mol. The molecule has 0 bridgehead atoms. The Hall–Kier alpha value is -2.20. The predicted octanol–water partition coefficient (Wildman–Crippen LogP) is 1.78. The summed E-state index contributed by atoms with van der Waals surface area (Å²) < 4.78 is 33.8. The second kappa shape index (κ2) is 9.30. The summed E-state index contributed by atoms with van der Waals surface area (Å²) >= 11 is 0. The molecule has 8 heteroatoms. The van der Waals surface area contributed by atoms with E-state index in [1.54, 1.807) is 19.2 Å². The number of benzene rings is 2. The summed E-state index contributed by atoms with van der Waals surface area (Å²) in [7, 11) is 2.98. The molecular formula is C22H26O8. The fourth-order valence-electron chi connectivity index (χ4n) is 3.63. The van der Waals surface area contributed by atoms with Gasteiger partial charge in [-0.15, -0.1) is 0 Å². The fourth-order valence-corrected chi connectivity index (χ4v) is 3.63. The molecule has 0 radical (unpaired) electrons. The van der Waals surface area contributed by atoms with Gasteiger partial charge in [0.2, 0.25) is 0 Å². The highest BCUT2D eigenvalue weighted by atomic mass is 16.7. The van der Waals surface area contributed by atoms with Crippen molar-refractivity contribution in [3.63, 3.8) is 0 Å². The Kier molecular flexibility index (Phi) is 6.52. The highest BCUT2D eigenvalue weighted by Gasteiger charge is 2.49. The maximum atomic E-state index is 10.5. The normalized spacial score (nSPS) is 31.1. The molecule has 162 valence electrons. The van der Waals surface area contributed by atoms with Crippen LogP contribution in [0.25, 0.3) is 0 Å². The third-order valence-corrected chi connectivity index (χ3v) is 5.26. The molecule has 0 aromatic heterocycles. The van der Waals surface area contributed by atoms with Gasteiger partial charge in [0.15, 0.2) is 24.1 Å². The molecule has 2 saturated heterocycles. The maximum Gasteiger partial charge on any atom is 0.186 e. The maximum absolute atomic E-state index is 10.5. The van der Waals surface area contributed by atoms with Gasteiger partial charge in [-0.1, -0.05) is 36.4 Å². The van der Waals surface area contributed by atoms with E-state index in [0.29, 0.717) is 23.7 Å². The molecule has 6 atom stereocenters. The van der Waals surface area contributed by atoms with E-state index in [-0.39, 0.29) is 6.61 Å². The average Bonchev–Trinajstić information content (AvgIpc) is 2.80. The molecule has 2 aliphatic rings. The Bertz CT molecular complexity index is 827. The fraction of sp³-hybridized carbons (Fsp3) is 0.455. The van der Waals surface area contributed by atoms with E-state index in [2.05, 4.69) is 0 Å². The molecule has 2 fully saturated rings. The van der Waals surface area contributed by atoms with Gasteiger partial charge < -0.3 is 38.6 Å². The van der Waals surface area contributed by atoms with E-state index in [9.17, 15) is 10.2 Å². The second-order valence-electron chi connectivity index (χ2n) is 7.21. The van der Waals surface area contributed by atoms with Crippen LogP contribution < -0.4 is 9.47 Å². The molecule has 30 heavy (non-hydrogen) atoms. The van der Waals surface area contributed by atoms with Crippen molar-refractivity contribution < 1.29 is 38.6 Å². The zero-order valence-corrected chi connectivity index (χ0v) is 16.8. The zero-order chi connectivity index (χ0) is 21.1. The molecular weight excluding hydrogens is 392 g/mol. The summed E-state index contributed by atoms with van der Waals surface area (Å²) in [6.45, 7) is 0.570. The van der Waals surface area contributed by atoms with E-state index >= 15 is 0 Å². The third-order valence-electron chi connectivity index (χ3n) is 5.26. The molecule has 0 amide bonds. The molecule has 6 unspecified atom stereocenters. The van der Waals surface area contributed by atoms with Crippen LogP contribution in [0.1, 0.15) is 17.4 Å². The smallest absolute Gasteiger partial charge is 0.186 e. The number of aliphatic hydroxyl groups excluding tert-OH is 2. The monoisotopic (exact) mass is 418 g/mol. The first-order valence-electron chi connectivity index (χ1n) is 9.77. The lowest BCUT2D eigenvalue weighted by atomic mass is 9.98. The van der Waals surface area contributed by atoms with E-state index < -0.39 is 37.0 Å². The van der Waals surface area contributed by atoms with Crippen LogP contribution in [0.5, 0.6) is 11.5 Å². The summed E-state index contributed by atoms with van der Waals surface area (Å²) in [6, 6.07) is 15.2. The first-order chi connectivity index (χ1) is 14.6. The summed E-state index contributed by atoms with van der Waals surface area (Å²) in [5.74, 6) is 1.14. The molecule has 0 spiro atoms. The lowest BCUT2D eigenvalue weighted by Crippen LogP contribution is -2.62. The van der Waals surface area contributed by atoms with Gasteiger partial charge in [0, 0.05) is 12.7 Å². The highest BCUT2D eigenvalue weighted by Crippen LogP contribution is 2.37. The van der Waals surface area contributed by atoms with Crippen molar-refractivity contribution in [1.82, 2.24) is 0 Å². The van der Waals surface area contributed by atoms with Crippen LogP contribution in [0.2, 0.25) is 0 Å². The van der Waals surface area contributed by atoms with Crippen molar-refractivity contribution in [1.29, 1.82) is 0 Å². The number of methoxy groups -OCH3 is 2. The summed E-state index contributed by atoms with van der Waals surface area (Å²) in [6.07, 6.45) is -5.34. The molecule has 2 aromatic rings. The van der Waals surface area contributed by atoms with Crippen LogP contribution in [0.15, 0.2) is 48.5 Å². The number of fused-ring (bicyclic) bond motifs is 1. The third kappa shape index (κ3) is 4.29. The molecule has 8 nitrogen and oxygen atoms in total. The standard InChI is InChI=1S/C22H26O8/c1-25-15-9-8-14(10-16(15)27-11-13-6-4-3-5-7-13)21-28-12-17-20(30-21)18(23)19(24)22(26-2)29-17/h3-10,17-24H,11-12H2,1-2H3. The molecule has 2 aliphatic heterocycles. The number of hydrogen-bond donors (Lipinski definition) is 2. The molecule has 2 N–H and O–H groups in total. The first-order valence-corrected chi connectivity index (χ1v) is 9.77. The van der Waals surface area contributed by atoms with Crippen LogP contribution in [-0.4, -0.2) is 61.7 Å². The first kappa shape index (κ1) is 21.0. The van der Waals surface area contributed by atoms with Crippen molar-refractivity contribution in [3.05, 3.63) is 59.7 Å². The van der Waals surface area contributed by atoms with Crippen molar-refractivity contribution in [3.8, 4) is 11.5 Å². The topological polar surface area (TPSA) is 95.8 Å². The number of aliphatic hydroxyl groups is 2. The minimum Gasteiger partial charge on any atom is -0.493 e. The van der Waals surface area contributed by atoms with E-state index in [0.717, 1.165) is 5.56 Å².